The van der Waals surface area contributed by atoms with Crippen LogP contribution in [0.15, 0.2) is 24.3 Å². The van der Waals surface area contributed by atoms with Crippen molar-refractivity contribution >= 4 is 0 Å². The van der Waals surface area contributed by atoms with E-state index in [0.717, 1.165) is 45.1 Å². The molecule has 106 valence electrons. The summed E-state index contributed by atoms with van der Waals surface area (Å²) in [6.07, 6.45) is 3.64. The number of hydrogen-bond acceptors (Lipinski definition) is 3. The fraction of sp³-hybridized carbons (Fsp3) is 0.625. The molecule has 1 aliphatic rings. The van der Waals surface area contributed by atoms with E-state index in [4.69, 9.17) is 9.47 Å². The molecule has 1 aromatic carbocycles. The topological polar surface area (TPSA) is 21.7 Å². The summed E-state index contributed by atoms with van der Waals surface area (Å²) in [5.41, 5.74) is 1.22. The Morgan fingerprint density at radius 1 is 1.11 bits per heavy atom. The first-order valence-corrected chi connectivity index (χ1v) is 7.35. The monoisotopic (exact) mass is 263 g/mol. The fourth-order valence-electron chi connectivity index (χ4n) is 2.34. The van der Waals surface area contributed by atoms with E-state index in [2.05, 4.69) is 17.9 Å². The molecule has 0 radical (unpaired) electrons. The summed E-state index contributed by atoms with van der Waals surface area (Å²) in [4.78, 5) is 2.49. The maximum absolute atomic E-state index is 5.80. The highest BCUT2D eigenvalue weighted by atomic mass is 16.5. The van der Waals surface area contributed by atoms with Crippen LogP contribution in [0.3, 0.4) is 0 Å². The Morgan fingerprint density at radius 2 is 1.89 bits per heavy atom. The molecule has 0 N–H and O–H groups in total. The van der Waals surface area contributed by atoms with Crippen molar-refractivity contribution in [2.24, 2.45) is 0 Å². The number of nitrogens with zero attached hydrogens (tertiary/aromatic N) is 1. The molecule has 0 aliphatic carbocycles. The highest BCUT2D eigenvalue weighted by Crippen LogP contribution is 2.16. The van der Waals surface area contributed by atoms with Crippen molar-refractivity contribution in [3.63, 3.8) is 0 Å². The summed E-state index contributed by atoms with van der Waals surface area (Å²) in [5, 5.41) is 0. The lowest BCUT2D eigenvalue weighted by Gasteiger charge is -2.26. The van der Waals surface area contributed by atoms with Gasteiger partial charge in [0.25, 0.3) is 0 Å². The van der Waals surface area contributed by atoms with Crippen molar-refractivity contribution in [1.29, 1.82) is 0 Å². The molecule has 3 nitrogen and oxygen atoms in total. The first-order valence-electron chi connectivity index (χ1n) is 7.35. The van der Waals surface area contributed by atoms with Gasteiger partial charge in [-0.25, -0.2) is 0 Å². The quantitative estimate of drug-likeness (QED) is 0.706. The van der Waals surface area contributed by atoms with Gasteiger partial charge in [-0.1, -0.05) is 18.2 Å². The van der Waals surface area contributed by atoms with Gasteiger partial charge >= 0.3 is 0 Å². The minimum absolute atomic E-state index is 0.827. The van der Waals surface area contributed by atoms with Crippen LogP contribution in [0.4, 0.5) is 0 Å². The van der Waals surface area contributed by atoms with E-state index >= 15 is 0 Å². The molecule has 0 bridgehead atoms. The normalized spacial score (nSPS) is 16.5. The second-order valence-corrected chi connectivity index (χ2v) is 5.13. The molecule has 0 aromatic heterocycles. The van der Waals surface area contributed by atoms with Gasteiger partial charge in [0.2, 0.25) is 0 Å². The summed E-state index contributed by atoms with van der Waals surface area (Å²) in [6.45, 7) is 8.11. The molecule has 1 saturated heterocycles. The highest BCUT2D eigenvalue weighted by molar-refractivity contribution is 5.31. The van der Waals surface area contributed by atoms with E-state index in [1.165, 1.54) is 24.9 Å². The van der Waals surface area contributed by atoms with Gasteiger partial charge in [-0.2, -0.15) is 0 Å². The molecule has 19 heavy (non-hydrogen) atoms. The molecule has 1 aromatic rings. The summed E-state index contributed by atoms with van der Waals surface area (Å²) in [7, 11) is 0. The van der Waals surface area contributed by atoms with E-state index in [-0.39, 0.29) is 0 Å². The lowest BCUT2D eigenvalue weighted by atomic mass is 10.2. The van der Waals surface area contributed by atoms with E-state index < -0.39 is 0 Å². The van der Waals surface area contributed by atoms with Crippen LogP contribution >= 0.6 is 0 Å². The Morgan fingerprint density at radius 3 is 2.68 bits per heavy atom. The van der Waals surface area contributed by atoms with Crippen LogP contribution in [0.1, 0.15) is 24.8 Å². The highest BCUT2D eigenvalue weighted by Gasteiger charge is 2.08. The fourth-order valence-corrected chi connectivity index (χ4v) is 2.34. The van der Waals surface area contributed by atoms with E-state index in [1.807, 2.05) is 18.2 Å². The second-order valence-electron chi connectivity index (χ2n) is 5.13. The summed E-state index contributed by atoms with van der Waals surface area (Å²) in [6, 6.07) is 8.21. The SMILES string of the molecule is Cc1ccccc1OCCCCCN1CCOCC1. The molecule has 3 heteroatoms. The Labute approximate surface area is 116 Å². The first-order chi connectivity index (χ1) is 9.36. The molecule has 0 unspecified atom stereocenters. The molecule has 1 fully saturated rings. The van der Waals surface area contributed by atoms with Gasteiger partial charge in [-0.15, -0.1) is 0 Å². The van der Waals surface area contributed by atoms with Crippen molar-refractivity contribution in [2.45, 2.75) is 26.2 Å². The number of benzene rings is 1. The first kappa shape index (κ1) is 14.4. The minimum Gasteiger partial charge on any atom is -0.493 e. The predicted molar refractivity (Wildman–Crippen MR) is 77.8 cm³/mol. The standard InChI is InChI=1S/C16H25NO2/c1-15-7-3-4-8-16(15)19-12-6-2-5-9-17-10-13-18-14-11-17/h3-4,7-8H,2,5-6,9-14H2,1H3. The van der Waals surface area contributed by atoms with Gasteiger partial charge < -0.3 is 9.47 Å². The van der Waals surface area contributed by atoms with Crippen molar-refractivity contribution in [2.75, 3.05) is 39.5 Å². The molecule has 0 saturated carbocycles. The number of morpholine rings is 1. The lowest BCUT2D eigenvalue weighted by Crippen LogP contribution is -2.36. The summed E-state index contributed by atoms with van der Waals surface area (Å²) in [5.74, 6) is 1.02. The molecular weight excluding hydrogens is 238 g/mol. The number of unbranched alkanes of at least 4 members (excludes halogenated alkanes) is 2. The van der Waals surface area contributed by atoms with Crippen LogP contribution in [-0.2, 0) is 4.74 Å². The van der Waals surface area contributed by atoms with Gasteiger partial charge in [-0.3, -0.25) is 4.90 Å². The number of para-hydroxylation sites is 1. The van der Waals surface area contributed by atoms with Crippen LogP contribution in [-0.4, -0.2) is 44.4 Å². The molecule has 1 heterocycles. The predicted octanol–water partition coefficient (Wildman–Crippen LogP) is 2.88. The Hall–Kier alpha value is -1.06. The van der Waals surface area contributed by atoms with Gasteiger partial charge in [0, 0.05) is 13.1 Å². The Kier molecular flexibility index (Phi) is 6.18. The van der Waals surface area contributed by atoms with Crippen molar-refractivity contribution in [1.82, 2.24) is 4.90 Å². The van der Waals surface area contributed by atoms with Crippen molar-refractivity contribution in [3.8, 4) is 5.75 Å². The van der Waals surface area contributed by atoms with E-state index in [9.17, 15) is 0 Å². The van der Waals surface area contributed by atoms with Crippen LogP contribution in [0, 0.1) is 6.92 Å². The zero-order chi connectivity index (χ0) is 13.3. The second kappa shape index (κ2) is 8.18. The lowest BCUT2D eigenvalue weighted by molar-refractivity contribution is 0.0370. The third kappa shape index (κ3) is 5.21. The summed E-state index contributed by atoms with van der Waals surface area (Å²) >= 11 is 0. The van der Waals surface area contributed by atoms with Crippen LogP contribution in [0.5, 0.6) is 5.75 Å². The Balaban J connectivity index is 1.51. The van der Waals surface area contributed by atoms with Crippen molar-refractivity contribution in [3.05, 3.63) is 29.8 Å². The van der Waals surface area contributed by atoms with Crippen LogP contribution < -0.4 is 4.74 Å². The minimum atomic E-state index is 0.827. The van der Waals surface area contributed by atoms with Crippen LogP contribution in [0.25, 0.3) is 0 Å². The third-order valence-electron chi connectivity index (χ3n) is 3.57. The number of ether oxygens (including phenoxy) is 2. The third-order valence-corrected chi connectivity index (χ3v) is 3.57. The molecule has 0 spiro atoms. The van der Waals surface area contributed by atoms with E-state index in [0.29, 0.717) is 0 Å². The van der Waals surface area contributed by atoms with Crippen LogP contribution in [0.2, 0.25) is 0 Å². The zero-order valence-corrected chi connectivity index (χ0v) is 11.9. The van der Waals surface area contributed by atoms with E-state index in [1.54, 1.807) is 0 Å². The van der Waals surface area contributed by atoms with Gasteiger partial charge in [-0.05, 0) is 44.4 Å². The van der Waals surface area contributed by atoms with Gasteiger partial charge in [0.15, 0.2) is 0 Å². The average Bonchev–Trinajstić information content (AvgIpc) is 2.45. The zero-order valence-electron chi connectivity index (χ0n) is 11.9. The molecule has 2 rings (SSSR count). The number of hydrogen-bond donors (Lipinski definition) is 0. The molecule has 0 amide bonds. The average molecular weight is 263 g/mol. The Bertz CT molecular complexity index is 362. The van der Waals surface area contributed by atoms with Gasteiger partial charge in [0.1, 0.15) is 5.75 Å². The molecule has 0 atom stereocenters. The number of rotatable bonds is 7. The maximum Gasteiger partial charge on any atom is 0.122 e. The van der Waals surface area contributed by atoms with Gasteiger partial charge in [0.05, 0.1) is 19.8 Å². The summed E-state index contributed by atoms with van der Waals surface area (Å²) < 4.78 is 11.1. The number of aryl methyl sites for hydroxylation is 1. The molecular formula is C16H25NO2. The smallest absolute Gasteiger partial charge is 0.122 e. The van der Waals surface area contributed by atoms with Crippen molar-refractivity contribution < 1.29 is 9.47 Å². The maximum atomic E-state index is 5.80. The largest absolute Gasteiger partial charge is 0.493 e. The molecule has 1 aliphatic heterocycles.